The molecule has 1 fully saturated rings. The Balaban J connectivity index is 2.25. The van der Waals surface area contributed by atoms with Crippen molar-refractivity contribution in [3.8, 4) is 0 Å². The van der Waals surface area contributed by atoms with Crippen molar-refractivity contribution in [2.75, 3.05) is 13.1 Å². The van der Waals surface area contributed by atoms with Crippen LogP contribution in [0.15, 0.2) is 0 Å². The van der Waals surface area contributed by atoms with Gasteiger partial charge in [0.1, 0.15) is 0 Å². The Morgan fingerprint density at radius 2 is 1.94 bits per heavy atom. The summed E-state index contributed by atoms with van der Waals surface area (Å²) in [5.41, 5.74) is 0.224. The van der Waals surface area contributed by atoms with E-state index in [1.165, 1.54) is 0 Å². The molecule has 1 rings (SSSR count). The van der Waals surface area contributed by atoms with Gasteiger partial charge in [-0.1, -0.05) is 0 Å². The number of piperidine rings is 1. The maximum absolute atomic E-state index is 11.7. The average Bonchev–Trinajstić information content (AvgIpc) is 2.26. The van der Waals surface area contributed by atoms with E-state index in [1.807, 2.05) is 0 Å². The van der Waals surface area contributed by atoms with Crippen LogP contribution in [0.4, 0.5) is 0 Å². The smallest absolute Gasteiger partial charge is 0.220 e. The van der Waals surface area contributed by atoms with E-state index in [2.05, 4.69) is 31.0 Å². The molecule has 1 atom stereocenters. The van der Waals surface area contributed by atoms with E-state index in [0.717, 1.165) is 25.9 Å². The molecule has 0 radical (unpaired) electrons. The quantitative estimate of drug-likeness (QED) is 0.802. The van der Waals surface area contributed by atoms with Gasteiger partial charge in [-0.15, -0.1) is 0 Å². The molecule has 1 saturated heterocycles. The summed E-state index contributed by atoms with van der Waals surface area (Å²) in [5, 5.41) is 12.2. The van der Waals surface area contributed by atoms with Crippen molar-refractivity contribution in [2.24, 2.45) is 0 Å². The van der Waals surface area contributed by atoms with Gasteiger partial charge in [0.25, 0.3) is 0 Å². The highest BCUT2D eigenvalue weighted by molar-refractivity contribution is 5.76. The van der Waals surface area contributed by atoms with Crippen LogP contribution >= 0.6 is 0 Å². The van der Waals surface area contributed by atoms with Gasteiger partial charge in [-0.05, 0) is 47.0 Å². The van der Waals surface area contributed by atoms with Crippen molar-refractivity contribution < 1.29 is 9.90 Å². The van der Waals surface area contributed by atoms with Crippen molar-refractivity contribution in [2.45, 2.75) is 71.1 Å². The Bertz CT molecular complexity index is 263. The van der Waals surface area contributed by atoms with Crippen molar-refractivity contribution in [3.05, 3.63) is 0 Å². The van der Waals surface area contributed by atoms with Gasteiger partial charge in [-0.25, -0.2) is 0 Å². The molecule has 0 bridgehead atoms. The summed E-state index contributed by atoms with van der Waals surface area (Å²) in [6, 6.07) is 0.310. The number of nitrogens with zero attached hydrogens (tertiary/aromatic N) is 1. The van der Waals surface area contributed by atoms with Crippen LogP contribution in [0.5, 0.6) is 0 Å². The lowest BCUT2D eigenvalue weighted by molar-refractivity contribution is -0.122. The number of nitrogens with one attached hydrogen (secondary N) is 1. The molecule has 18 heavy (non-hydrogen) atoms. The molecule has 0 spiro atoms. The number of aliphatic hydroxyl groups excluding tert-OH is 1. The zero-order valence-electron chi connectivity index (χ0n) is 12.2. The molecule has 106 valence electrons. The Kier molecular flexibility index (Phi) is 5.60. The molecule has 0 aliphatic carbocycles. The number of amides is 1. The highest BCUT2D eigenvalue weighted by Crippen LogP contribution is 2.20. The normalized spacial score (nSPS) is 20.7. The Morgan fingerprint density at radius 3 is 2.39 bits per heavy atom. The number of hydrogen-bond donors (Lipinski definition) is 2. The summed E-state index contributed by atoms with van der Waals surface area (Å²) in [4.78, 5) is 14.1. The van der Waals surface area contributed by atoms with Gasteiger partial charge >= 0.3 is 0 Å². The predicted molar refractivity (Wildman–Crippen MR) is 73.4 cm³/mol. The number of hydrogen-bond acceptors (Lipinski definition) is 3. The van der Waals surface area contributed by atoms with Gasteiger partial charge in [-0.3, -0.25) is 9.69 Å². The largest absolute Gasteiger partial charge is 0.393 e. The van der Waals surface area contributed by atoms with Gasteiger partial charge in [0, 0.05) is 31.1 Å². The van der Waals surface area contributed by atoms with Crippen LogP contribution in [0.25, 0.3) is 0 Å². The van der Waals surface area contributed by atoms with Crippen molar-refractivity contribution >= 4 is 5.91 Å². The predicted octanol–water partition coefficient (Wildman–Crippen LogP) is 1.53. The highest BCUT2D eigenvalue weighted by Gasteiger charge is 2.27. The van der Waals surface area contributed by atoms with Crippen molar-refractivity contribution in [1.29, 1.82) is 0 Å². The summed E-state index contributed by atoms with van der Waals surface area (Å²) in [5.74, 6) is 0.0742. The molecule has 0 saturated carbocycles. The first kappa shape index (κ1) is 15.4. The fourth-order valence-corrected chi connectivity index (χ4v) is 2.33. The first-order valence-electron chi connectivity index (χ1n) is 7.01. The zero-order chi connectivity index (χ0) is 13.8. The summed E-state index contributed by atoms with van der Waals surface area (Å²) < 4.78 is 0. The third-order valence-corrected chi connectivity index (χ3v) is 3.60. The van der Waals surface area contributed by atoms with E-state index in [-0.39, 0.29) is 11.4 Å². The second-order valence-corrected chi connectivity index (χ2v) is 6.39. The van der Waals surface area contributed by atoms with Crippen molar-refractivity contribution in [3.63, 3.8) is 0 Å². The van der Waals surface area contributed by atoms with Crippen LogP contribution in [-0.2, 0) is 4.79 Å². The average molecular weight is 256 g/mol. The molecule has 4 nitrogen and oxygen atoms in total. The minimum Gasteiger partial charge on any atom is -0.393 e. The fraction of sp³-hybridized carbons (Fsp3) is 0.929. The molecular weight excluding hydrogens is 228 g/mol. The summed E-state index contributed by atoms with van der Waals surface area (Å²) in [6.45, 7) is 10.5. The van der Waals surface area contributed by atoms with E-state index >= 15 is 0 Å². The van der Waals surface area contributed by atoms with Crippen LogP contribution in [0.2, 0.25) is 0 Å². The fourth-order valence-electron chi connectivity index (χ4n) is 2.33. The van der Waals surface area contributed by atoms with Crippen molar-refractivity contribution in [1.82, 2.24) is 10.2 Å². The van der Waals surface area contributed by atoms with E-state index in [1.54, 1.807) is 6.92 Å². The molecule has 0 aromatic rings. The van der Waals surface area contributed by atoms with Gasteiger partial charge in [-0.2, -0.15) is 0 Å². The summed E-state index contributed by atoms with van der Waals surface area (Å²) in [7, 11) is 0. The summed E-state index contributed by atoms with van der Waals surface area (Å²) >= 11 is 0. The van der Waals surface area contributed by atoms with Gasteiger partial charge in [0.05, 0.1) is 6.10 Å². The monoisotopic (exact) mass is 256 g/mol. The molecule has 4 heteroatoms. The third-order valence-electron chi connectivity index (χ3n) is 3.60. The van der Waals surface area contributed by atoms with Crippen LogP contribution in [-0.4, -0.2) is 46.7 Å². The minimum atomic E-state index is -0.390. The van der Waals surface area contributed by atoms with Crippen LogP contribution in [0, 0.1) is 0 Å². The summed E-state index contributed by atoms with van der Waals surface area (Å²) in [6.07, 6.45) is 2.64. The first-order chi connectivity index (χ1) is 8.29. The van der Waals surface area contributed by atoms with Crippen LogP contribution < -0.4 is 5.32 Å². The van der Waals surface area contributed by atoms with E-state index in [4.69, 9.17) is 5.11 Å². The van der Waals surface area contributed by atoms with Crippen LogP contribution in [0.3, 0.4) is 0 Å². The lowest BCUT2D eigenvalue weighted by Crippen LogP contribution is -2.50. The molecule has 2 N–H and O–H groups in total. The number of aliphatic hydroxyl groups is 1. The third kappa shape index (κ3) is 5.36. The van der Waals surface area contributed by atoms with E-state index in [0.29, 0.717) is 18.9 Å². The molecule has 0 aromatic carbocycles. The maximum Gasteiger partial charge on any atom is 0.220 e. The van der Waals surface area contributed by atoms with Gasteiger partial charge in [0.2, 0.25) is 5.91 Å². The molecule has 1 unspecified atom stereocenters. The SMILES string of the molecule is CC(O)CCC(=O)NC1CCN(C(C)(C)C)CC1. The Hall–Kier alpha value is -0.610. The molecular formula is C14H28N2O2. The second kappa shape index (κ2) is 6.53. The Labute approximate surface area is 111 Å². The van der Waals surface area contributed by atoms with Gasteiger partial charge < -0.3 is 10.4 Å². The lowest BCUT2D eigenvalue weighted by atomic mass is 9.98. The molecule has 1 heterocycles. The maximum atomic E-state index is 11.7. The number of likely N-dealkylation sites (tertiary alicyclic amines) is 1. The van der Waals surface area contributed by atoms with Gasteiger partial charge in [0.15, 0.2) is 0 Å². The molecule has 1 aliphatic rings. The highest BCUT2D eigenvalue weighted by atomic mass is 16.3. The topological polar surface area (TPSA) is 52.6 Å². The van der Waals surface area contributed by atoms with E-state index < -0.39 is 6.10 Å². The molecule has 1 amide bonds. The van der Waals surface area contributed by atoms with Crippen LogP contribution in [0.1, 0.15) is 53.4 Å². The number of carbonyl (C=O) groups is 1. The van der Waals surface area contributed by atoms with E-state index in [9.17, 15) is 4.79 Å². The lowest BCUT2D eigenvalue weighted by Gasteiger charge is -2.41. The molecule has 0 aromatic heterocycles. The number of carbonyl (C=O) groups excluding carboxylic acids is 1. The zero-order valence-corrected chi connectivity index (χ0v) is 12.2. The first-order valence-corrected chi connectivity index (χ1v) is 7.01. The second-order valence-electron chi connectivity index (χ2n) is 6.39. The minimum absolute atomic E-state index is 0.0742. The standard InChI is InChI=1S/C14H28N2O2/c1-11(17)5-6-13(18)15-12-7-9-16(10-8-12)14(2,3)4/h11-12,17H,5-10H2,1-4H3,(H,15,18). The Morgan fingerprint density at radius 1 is 1.39 bits per heavy atom. The number of rotatable bonds is 4. The molecule has 1 aliphatic heterocycles.